The first-order valence-electron chi connectivity index (χ1n) is 9.23. The minimum atomic E-state index is -0.742. The normalized spacial score (nSPS) is 21.8. The summed E-state index contributed by atoms with van der Waals surface area (Å²) in [6, 6.07) is 12.0. The number of halogens is 1. The van der Waals surface area contributed by atoms with Gasteiger partial charge in [0.05, 0.1) is 5.54 Å². The molecule has 0 aromatic heterocycles. The van der Waals surface area contributed by atoms with E-state index >= 15 is 0 Å². The Morgan fingerprint density at radius 2 is 1.62 bits per heavy atom. The number of carbonyl (C=O) groups is 2. The van der Waals surface area contributed by atoms with E-state index < -0.39 is 11.5 Å². The van der Waals surface area contributed by atoms with E-state index in [9.17, 15) is 14.0 Å². The van der Waals surface area contributed by atoms with Gasteiger partial charge in [-0.05, 0) is 60.2 Å². The fourth-order valence-electron chi connectivity index (χ4n) is 4.35. The first-order valence-corrected chi connectivity index (χ1v) is 9.23. The highest BCUT2D eigenvalue weighted by Crippen LogP contribution is 2.40. The zero-order chi connectivity index (χ0) is 18.3. The number of benzene rings is 2. The van der Waals surface area contributed by atoms with Crippen molar-refractivity contribution in [2.45, 2.75) is 50.5 Å². The van der Waals surface area contributed by atoms with Gasteiger partial charge in [0.15, 0.2) is 5.78 Å². The number of hydrogen-bond acceptors (Lipinski definition) is 2. The van der Waals surface area contributed by atoms with E-state index in [1.807, 2.05) is 25.1 Å². The van der Waals surface area contributed by atoms with Crippen molar-refractivity contribution in [2.75, 3.05) is 0 Å². The molecule has 4 rings (SSSR count). The van der Waals surface area contributed by atoms with Gasteiger partial charge >= 0.3 is 0 Å². The molecule has 1 aliphatic heterocycles. The van der Waals surface area contributed by atoms with Crippen molar-refractivity contribution in [1.82, 2.24) is 5.32 Å². The van der Waals surface area contributed by atoms with Gasteiger partial charge in [-0.25, -0.2) is 4.39 Å². The first-order chi connectivity index (χ1) is 12.5. The van der Waals surface area contributed by atoms with Crippen LogP contribution in [0.1, 0.15) is 49.1 Å². The van der Waals surface area contributed by atoms with Crippen LogP contribution in [0.15, 0.2) is 42.5 Å². The maximum atomic E-state index is 13.2. The largest absolute Gasteiger partial charge is 0.343 e. The lowest BCUT2D eigenvalue weighted by atomic mass is 9.76. The summed E-state index contributed by atoms with van der Waals surface area (Å²) in [7, 11) is 0. The van der Waals surface area contributed by atoms with Gasteiger partial charge < -0.3 is 5.32 Å². The summed E-state index contributed by atoms with van der Waals surface area (Å²) in [5, 5.41) is 3.02. The van der Waals surface area contributed by atoms with Crippen LogP contribution >= 0.6 is 0 Å². The Hall–Kier alpha value is -2.49. The van der Waals surface area contributed by atoms with Crippen LogP contribution in [-0.4, -0.2) is 17.2 Å². The Balaban J connectivity index is 1.73. The van der Waals surface area contributed by atoms with Crippen molar-refractivity contribution >= 4 is 11.7 Å². The van der Waals surface area contributed by atoms with Gasteiger partial charge in [-0.15, -0.1) is 0 Å². The Labute approximate surface area is 152 Å². The van der Waals surface area contributed by atoms with Crippen molar-refractivity contribution in [3.8, 4) is 11.1 Å². The molecular formula is C22H22FNO2. The van der Waals surface area contributed by atoms with Gasteiger partial charge in [0.1, 0.15) is 11.7 Å². The molecule has 3 nitrogen and oxygen atoms in total. The highest BCUT2D eigenvalue weighted by molar-refractivity contribution is 6.17. The van der Waals surface area contributed by atoms with Gasteiger partial charge in [-0.3, -0.25) is 9.59 Å². The quantitative estimate of drug-likeness (QED) is 0.821. The molecule has 1 spiro atoms. The lowest BCUT2D eigenvalue weighted by molar-refractivity contribution is -0.125. The summed E-state index contributed by atoms with van der Waals surface area (Å²) < 4.78 is 13.2. The molecule has 1 heterocycles. The van der Waals surface area contributed by atoms with Crippen molar-refractivity contribution in [3.05, 3.63) is 59.4 Å². The second-order valence-electron chi connectivity index (χ2n) is 7.51. The minimum absolute atomic E-state index is 0.0153. The van der Waals surface area contributed by atoms with E-state index in [4.69, 9.17) is 0 Å². The molecule has 2 aliphatic rings. The molecule has 1 saturated carbocycles. The molecule has 0 radical (unpaired) electrons. The molecule has 2 fully saturated rings. The predicted octanol–water partition coefficient (Wildman–Crippen LogP) is 4.29. The Bertz CT molecular complexity index is 866. The molecule has 1 amide bonds. The van der Waals surface area contributed by atoms with Crippen molar-refractivity contribution in [3.63, 3.8) is 0 Å². The van der Waals surface area contributed by atoms with Gasteiger partial charge in [-0.2, -0.15) is 0 Å². The number of amides is 1. The highest BCUT2D eigenvalue weighted by atomic mass is 19.1. The summed E-state index contributed by atoms with van der Waals surface area (Å²) in [6.45, 7) is 1.93. The number of hydrogen-bond donors (Lipinski definition) is 1. The van der Waals surface area contributed by atoms with Crippen molar-refractivity contribution in [2.24, 2.45) is 0 Å². The van der Waals surface area contributed by atoms with Gasteiger partial charge in [-0.1, -0.05) is 43.5 Å². The Kier molecular flexibility index (Phi) is 4.14. The van der Waals surface area contributed by atoms with Crippen LogP contribution in [0.4, 0.5) is 4.39 Å². The average molecular weight is 351 g/mol. The third-order valence-corrected chi connectivity index (χ3v) is 5.83. The topological polar surface area (TPSA) is 46.2 Å². The van der Waals surface area contributed by atoms with Crippen LogP contribution in [-0.2, 0) is 9.59 Å². The van der Waals surface area contributed by atoms with E-state index in [0.717, 1.165) is 54.4 Å². The molecule has 0 bridgehead atoms. The zero-order valence-electron chi connectivity index (χ0n) is 14.8. The number of aryl methyl sites for hydroxylation is 1. The summed E-state index contributed by atoms with van der Waals surface area (Å²) in [6.07, 6.45) is 4.56. The van der Waals surface area contributed by atoms with E-state index in [-0.39, 0.29) is 17.5 Å². The number of carbonyl (C=O) groups excluding carboxylic acids is 2. The second-order valence-corrected chi connectivity index (χ2v) is 7.51. The summed E-state index contributed by atoms with van der Waals surface area (Å²) >= 11 is 0. The number of rotatable bonds is 2. The van der Waals surface area contributed by atoms with E-state index in [1.54, 1.807) is 12.1 Å². The van der Waals surface area contributed by atoms with E-state index in [0.29, 0.717) is 0 Å². The fraction of sp³-hybridized carbons (Fsp3) is 0.364. The standard InChI is InChI=1S/C22H22FNO2/c1-14-5-6-16(15-7-9-17(23)10-8-15)13-18(14)19-20(25)22(24-21(19)26)11-3-2-4-12-22/h5-10,13,19H,2-4,11-12H2,1H3,(H,24,26). The second kappa shape index (κ2) is 6.35. The van der Waals surface area contributed by atoms with Crippen LogP contribution in [0.5, 0.6) is 0 Å². The first kappa shape index (κ1) is 17.0. The van der Waals surface area contributed by atoms with Crippen LogP contribution in [0, 0.1) is 12.7 Å². The fourth-order valence-corrected chi connectivity index (χ4v) is 4.35. The molecule has 2 aromatic rings. The maximum absolute atomic E-state index is 13.2. The summed E-state index contributed by atoms with van der Waals surface area (Å²) in [5.41, 5.74) is 2.77. The third kappa shape index (κ3) is 2.74. The molecule has 1 unspecified atom stereocenters. The van der Waals surface area contributed by atoms with Gasteiger partial charge in [0, 0.05) is 0 Å². The van der Waals surface area contributed by atoms with Gasteiger partial charge in [0.25, 0.3) is 0 Å². The number of ketones is 1. The monoisotopic (exact) mass is 351 g/mol. The molecule has 134 valence electrons. The molecule has 26 heavy (non-hydrogen) atoms. The molecular weight excluding hydrogens is 329 g/mol. The van der Waals surface area contributed by atoms with Crippen molar-refractivity contribution < 1.29 is 14.0 Å². The smallest absolute Gasteiger partial charge is 0.235 e. The molecule has 2 aromatic carbocycles. The van der Waals surface area contributed by atoms with Crippen LogP contribution in [0.2, 0.25) is 0 Å². The summed E-state index contributed by atoms with van der Waals surface area (Å²) in [4.78, 5) is 25.9. The maximum Gasteiger partial charge on any atom is 0.235 e. The van der Waals surface area contributed by atoms with Crippen molar-refractivity contribution in [1.29, 1.82) is 0 Å². The SMILES string of the molecule is Cc1ccc(-c2ccc(F)cc2)cc1C1C(=O)NC2(CCCCC2)C1=O. The lowest BCUT2D eigenvalue weighted by Gasteiger charge is -2.31. The van der Waals surface area contributed by atoms with Crippen LogP contribution in [0.25, 0.3) is 11.1 Å². The summed E-state index contributed by atoms with van der Waals surface area (Å²) in [5.74, 6) is -1.20. The average Bonchev–Trinajstić information content (AvgIpc) is 2.87. The zero-order valence-corrected chi connectivity index (χ0v) is 14.8. The third-order valence-electron chi connectivity index (χ3n) is 5.83. The molecule has 1 atom stereocenters. The minimum Gasteiger partial charge on any atom is -0.343 e. The molecule has 1 saturated heterocycles. The molecule has 1 aliphatic carbocycles. The van der Waals surface area contributed by atoms with Gasteiger partial charge in [0.2, 0.25) is 5.91 Å². The van der Waals surface area contributed by atoms with E-state index in [1.165, 1.54) is 12.1 Å². The Morgan fingerprint density at radius 3 is 2.31 bits per heavy atom. The van der Waals surface area contributed by atoms with Crippen LogP contribution < -0.4 is 5.32 Å². The number of Topliss-reactive ketones (excluding diaryl/α,β-unsaturated/α-hetero) is 1. The molecule has 4 heteroatoms. The van der Waals surface area contributed by atoms with E-state index in [2.05, 4.69) is 5.32 Å². The molecule has 1 N–H and O–H groups in total. The lowest BCUT2D eigenvalue weighted by Crippen LogP contribution is -2.47. The van der Waals surface area contributed by atoms with Crippen LogP contribution in [0.3, 0.4) is 0 Å². The number of nitrogens with one attached hydrogen (secondary N) is 1. The Morgan fingerprint density at radius 1 is 0.962 bits per heavy atom. The highest BCUT2D eigenvalue weighted by Gasteiger charge is 2.53. The predicted molar refractivity (Wildman–Crippen MR) is 98.3 cm³/mol.